The third-order valence-electron chi connectivity index (χ3n) is 4.93. The summed E-state index contributed by atoms with van der Waals surface area (Å²) in [6, 6.07) is 12.8. The van der Waals surface area contributed by atoms with Crippen molar-refractivity contribution < 1.29 is 18.3 Å². The van der Waals surface area contributed by atoms with Gasteiger partial charge in [0, 0.05) is 18.2 Å². The highest BCUT2D eigenvalue weighted by Crippen LogP contribution is 2.29. The molecule has 0 spiro atoms. The van der Waals surface area contributed by atoms with E-state index in [1.54, 1.807) is 19.2 Å². The van der Waals surface area contributed by atoms with Crippen molar-refractivity contribution in [2.45, 2.75) is 26.4 Å². The van der Waals surface area contributed by atoms with Crippen LogP contribution in [0.1, 0.15) is 30.0 Å². The zero-order valence-electron chi connectivity index (χ0n) is 16.8. The highest BCUT2D eigenvalue weighted by molar-refractivity contribution is 5.56. The van der Waals surface area contributed by atoms with Crippen LogP contribution in [0.3, 0.4) is 0 Å². The van der Waals surface area contributed by atoms with Gasteiger partial charge in [0.05, 0.1) is 19.9 Å². The van der Waals surface area contributed by atoms with Gasteiger partial charge in [-0.1, -0.05) is 12.1 Å². The lowest BCUT2D eigenvalue weighted by atomic mass is 10.1. The van der Waals surface area contributed by atoms with Crippen molar-refractivity contribution in [1.82, 2.24) is 9.88 Å². The molecule has 1 heterocycles. The third-order valence-corrected chi connectivity index (χ3v) is 4.93. The first-order valence-corrected chi connectivity index (χ1v) is 9.07. The molecule has 28 heavy (non-hydrogen) atoms. The van der Waals surface area contributed by atoms with E-state index >= 15 is 0 Å². The quantitative estimate of drug-likeness (QED) is 0.574. The Morgan fingerprint density at radius 1 is 1.14 bits per heavy atom. The summed E-state index contributed by atoms with van der Waals surface area (Å²) in [4.78, 5) is 6.81. The second kappa shape index (κ2) is 8.44. The molecule has 1 aromatic heterocycles. The Bertz CT molecular complexity index is 955. The molecule has 1 unspecified atom stereocenters. The lowest BCUT2D eigenvalue weighted by Crippen LogP contribution is -2.22. The number of halogens is 1. The van der Waals surface area contributed by atoms with Crippen LogP contribution in [-0.4, -0.2) is 31.2 Å². The summed E-state index contributed by atoms with van der Waals surface area (Å²) in [6.45, 7) is 4.64. The van der Waals surface area contributed by atoms with Crippen molar-refractivity contribution in [1.29, 1.82) is 0 Å². The molecule has 0 radical (unpaired) electrons. The highest BCUT2D eigenvalue weighted by Gasteiger charge is 2.18. The fraction of sp³-hybridized carbons (Fsp3) is 0.318. The van der Waals surface area contributed by atoms with Crippen LogP contribution in [0.2, 0.25) is 0 Å². The standard InChI is InChI=1S/C22H25FN2O3/c1-14(16-7-6-8-18(11-16)26-4)25(3)13-20-15(2)28-22(24-20)17-9-10-19(23)21(12-17)27-5/h6-12,14H,13H2,1-5H3. The number of ether oxygens (including phenoxy) is 2. The second-order valence-electron chi connectivity index (χ2n) is 6.74. The van der Waals surface area contributed by atoms with E-state index in [0.29, 0.717) is 18.0 Å². The van der Waals surface area contributed by atoms with Crippen molar-refractivity contribution >= 4 is 0 Å². The fourth-order valence-electron chi connectivity index (χ4n) is 3.02. The van der Waals surface area contributed by atoms with Crippen molar-refractivity contribution in [3.8, 4) is 23.0 Å². The van der Waals surface area contributed by atoms with Gasteiger partial charge in [-0.2, -0.15) is 0 Å². The number of methoxy groups -OCH3 is 2. The smallest absolute Gasteiger partial charge is 0.226 e. The predicted molar refractivity (Wildman–Crippen MR) is 106 cm³/mol. The summed E-state index contributed by atoms with van der Waals surface area (Å²) < 4.78 is 29.8. The van der Waals surface area contributed by atoms with Gasteiger partial charge in [-0.3, -0.25) is 4.90 Å². The molecule has 3 aromatic rings. The predicted octanol–water partition coefficient (Wildman–Crippen LogP) is 5.00. The van der Waals surface area contributed by atoms with Crippen LogP contribution in [0.4, 0.5) is 4.39 Å². The summed E-state index contributed by atoms with van der Waals surface area (Å²) in [5.41, 5.74) is 2.68. The molecule has 0 bridgehead atoms. The Kier molecular flexibility index (Phi) is 5.99. The molecule has 5 nitrogen and oxygen atoms in total. The Morgan fingerprint density at radius 2 is 1.93 bits per heavy atom. The normalized spacial score (nSPS) is 12.2. The van der Waals surface area contributed by atoms with Gasteiger partial charge in [-0.15, -0.1) is 0 Å². The van der Waals surface area contributed by atoms with Gasteiger partial charge in [0.1, 0.15) is 11.5 Å². The maximum absolute atomic E-state index is 13.7. The molecule has 6 heteroatoms. The zero-order chi connectivity index (χ0) is 20.3. The van der Waals surface area contributed by atoms with Crippen molar-refractivity contribution in [2.24, 2.45) is 0 Å². The highest BCUT2D eigenvalue weighted by atomic mass is 19.1. The lowest BCUT2D eigenvalue weighted by Gasteiger charge is -2.24. The Hall–Kier alpha value is -2.86. The summed E-state index contributed by atoms with van der Waals surface area (Å²) in [5.74, 6) is 1.78. The van der Waals surface area contributed by atoms with Gasteiger partial charge in [0.25, 0.3) is 0 Å². The van der Waals surface area contributed by atoms with Crippen LogP contribution in [0.5, 0.6) is 11.5 Å². The minimum atomic E-state index is -0.415. The minimum absolute atomic E-state index is 0.165. The van der Waals surface area contributed by atoms with Crippen molar-refractivity contribution in [2.75, 3.05) is 21.3 Å². The average molecular weight is 384 g/mol. The third kappa shape index (κ3) is 4.17. The van der Waals surface area contributed by atoms with E-state index in [-0.39, 0.29) is 11.8 Å². The molecule has 2 aromatic carbocycles. The van der Waals surface area contributed by atoms with Crippen molar-refractivity contribution in [3.63, 3.8) is 0 Å². The van der Waals surface area contributed by atoms with E-state index in [9.17, 15) is 4.39 Å². The number of oxazole rings is 1. The van der Waals surface area contributed by atoms with Gasteiger partial charge >= 0.3 is 0 Å². The number of nitrogens with zero attached hydrogens (tertiary/aromatic N) is 2. The number of aromatic nitrogens is 1. The summed E-state index contributed by atoms with van der Waals surface area (Å²) in [6.07, 6.45) is 0. The molecule has 0 saturated heterocycles. The minimum Gasteiger partial charge on any atom is -0.497 e. The Balaban J connectivity index is 1.79. The van der Waals surface area contributed by atoms with Gasteiger partial charge in [-0.05, 0) is 56.8 Å². The second-order valence-corrected chi connectivity index (χ2v) is 6.74. The molecule has 0 fully saturated rings. The SMILES string of the molecule is COc1cccc(C(C)N(C)Cc2nc(-c3ccc(F)c(OC)c3)oc2C)c1. The topological polar surface area (TPSA) is 47.7 Å². The maximum atomic E-state index is 13.7. The van der Waals surface area contributed by atoms with Crippen LogP contribution < -0.4 is 9.47 Å². The molecular formula is C22H25FN2O3. The van der Waals surface area contributed by atoms with Gasteiger partial charge in [0.15, 0.2) is 11.6 Å². The lowest BCUT2D eigenvalue weighted by molar-refractivity contribution is 0.248. The molecule has 0 saturated carbocycles. The monoisotopic (exact) mass is 384 g/mol. The zero-order valence-corrected chi connectivity index (χ0v) is 16.8. The van der Waals surface area contributed by atoms with Crippen LogP contribution in [-0.2, 0) is 6.54 Å². The number of benzene rings is 2. The first kappa shape index (κ1) is 19.9. The van der Waals surface area contributed by atoms with Gasteiger partial charge in [-0.25, -0.2) is 9.37 Å². The molecule has 0 aliphatic rings. The number of aryl methyl sites for hydroxylation is 1. The van der Waals surface area contributed by atoms with E-state index in [1.807, 2.05) is 32.2 Å². The molecule has 0 aliphatic heterocycles. The number of hydrogen-bond donors (Lipinski definition) is 0. The molecule has 0 N–H and O–H groups in total. The molecular weight excluding hydrogens is 359 g/mol. The molecule has 0 aliphatic carbocycles. The summed E-state index contributed by atoms with van der Waals surface area (Å²) in [7, 11) is 5.14. The van der Waals surface area contributed by atoms with E-state index in [4.69, 9.17) is 13.9 Å². The fourth-order valence-corrected chi connectivity index (χ4v) is 3.02. The summed E-state index contributed by atoms with van der Waals surface area (Å²) in [5, 5.41) is 0. The van der Waals surface area contributed by atoms with Crippen LogP contribution in [0.25, 0.3) is 11.5 Å². The molecule has 3 rings (SSSR count). The molecule has 1 atom stereocenters. The van der Waals surface area contributed by atoms with E-state index < -0.39 is 5.82 Å². The van der Waals surface area contributed by atoms with Crippen LogP contribution in [0, 0.1) is 12.7 Å². The number of rotatable bonds is 7. The van der Waals surface area contributed by atoms with Crippen molar-refractivity contribution in [3.05, 3.63) is 65.3 Å². The first-order valence-electron chi connectivity index (χ1n) is 9.07. The summed E-state index contributed by atoms with van der Waals surface area (Å²) >= 11 is 0. The van der Waals surface area contributed by atoms with Crippen LogP contribution >= 0.6 is 0 Å². The van der Waals surface area contributed by atoms with Gasteiger partial charge in [0.2, 0.25) is 5.89 Å². The maximum Gasteiger partial charge on any atom is 0.226 e. The number of hydrogen-bond acceptors (Lipinski definition) is 5. The van der Waals surface area contributed by atoms with E-state index in [1.165, 1.54) is 13.2 Å². The molecule has 0 amide bonds. The van der Waals surface area contributed by atoms with Crippen LogP contribution in [0.15, 0.2) is 46.9 Å². The largest absolute Gasteiger partial charge is 0.497 e. The molecule has 148 valence electrons. The van der Waals surface area contributed by atoms with E-state index in [2.05, 4.69) is 22.9 Å². The first-order chi connectivity index (χ1) is 13.4. The Labute approximate surface area is 164 Å². The Morgan fingerprint density at radius 3 is 2.64 bits per heavy atom. The van der Waals surface area contributed by atoms with Gasteiger partial charge < -0.3 is 13.9 Å². The average Bonchev–Trinajstić information content (AvgIpc) is 3.08. The van der Waals surface area contributed by atoms with E-state index in [0.717, 1.165) is 22.8 Å².